The van der Waals surface area contributed by atoms with E-state index in [0.29, 0.717) is 19.4 Å². The van der Waals surface area contributed by atoms with Gasteiger partial charge in [-0.2, -0.15) is 0 Å². The number of methoxy groups -OCH3 is 1. The summed E-state index contributed by atoms with van der Waals surface area (Å²) in [6, 6.07) is 9.01. The van der Waals surface area contributed by atoms with Crippen molar-refractivity contribution in [2.75, 3.05) is 19.9 Å². The van der Waals surface area contributed by atoms with E-state index in [4.69, 9.17) is 21.7 Å². The number of hydrogen-bond donors (Lipinski definition) is 1. The predicted molar refractivity (Wildman–Crippen MR) is 113 cm³/mol. The number of thioether (sulfide) groups is 1. The van der Waals surface area contributed by atoms with Crippen molar-refractivity contribution >= 4 is 40.2 Å². The molecule has 1 aromatic rings. The van der Waals surface area contributed by atoms with E-state index in [2.05, 4.69) is 0 Å². The van der Waals surface area contributed by atoms with Crippen LogP contribution in [0.4, 0.5) is 0 Å². The number of hydrogen-bond acceptors (Lipinski definition) is 7. The van der Waals surface area contributed by atoms with Gasteiger partial charge in [-0.25, -0.2) is 4.79 Å². The molecule has 0 aromatic heterocycles. The summed E-state index contributed by atoms with van der Waals surface area (Å²) < 4.78 is 10.5. The van der Waals surface area contributed by atoms with Crippen molar-refractivity contribution in [3.8, 4) is 0 Å². The van der Waals surface area contributed by atoms with E-state index in [0.717, 1.165) is 12.0 Å². The van der Waals surface area contributed by atoms with Crippen LogP contribution in [0.1, 0.15) is 31.7 Å². The highest BCUT2D eigenvalue weighted by Gasteiger charge is 2.40. The molecule has 1 aromatic carbocycles. The molecule has 2 rings (SSSR count). The van der Waals surface area contributed by atoms with E-state index < -0.39 is 23.7 Å². The molecular formula is C20H27NO5S2. The van der Waals surface area contributed by atoms with E-state index in [9.17, 15) is 14.7 Å². The fourth-order valence-corrected chi connectivity index (χ4v) is 3.95. The van der Waals surface area contributed by atoms with Gasteiger partial charge in [-0.1, -0.05) is 42.1 Å². The third-order valence-electron chi connectivity index (χ3n) is 4.78. The zero-order chi connectivity index (χ0) is 20.7. The number of carbonyl (C=O) groups excluding carboxylic acids is 2. The molecule has 1 heterocycles. The Morgan fingerprint density at radius 3 is 2.68 bits per heavy atom. The molecule has 0 saturated carbocycles. The van der Waals surface area contributed by atoms with Crippen molar-refractivity contribution in [2.45, 2.75) is 44.4 Å². The van der Waals surface area contributed by atoms with E-state index >= 15 is 0 Å². The third kappa shape index (κ3) is 6.18. The zero-order valence-corrected chi connectivity index (χ0v) is 18.1. The Balaban J connectivity index is 2.23. The number of ether oxygens (including phenoxy) is 2. The Kier molecular flexibility index (Phi) is 8.27. The zero-order valence-electron chi connectivity index (χ0n) is 16.4. The summed E-state index contributed by atoms with van der Waals surface area (Å²) in [4.78, 5) is 27.0. The fraction of sp³-hybridized carbons (Fsp3) is 0.550. The molecule has 0 radical (unpaired) electrons. The number of nitrogens with zero attached hydrogens (tertiary/aromatic N) is 1. The van der Waals surface area contributed by atoms with Crippen LogP contribution < -0.4 is 0 Å². The summed E-state index contributed by atoms with van der Waals surface area (Å²) in [5.41, 5.74) is 0.970. The molecule has 0 aliphatic carbocycles. The third-order valence-corrected chi connectivity index (χ3v) is 5.78. The summed E-state index contributed by atoms with van der Waals surface area (Å²) in [7, 11) is 1.33. The van der Waals surface area contributed by atoms with E-state index in [-0.39, 0.29) is 16.7 Å². The van der Waals surface area contributed by atoms with Gasteiger partial charge in [-0.3, -0.25) is 4.79 Å². The molecule has 0 bridgehead atoms. The summed E-state index contributed by atoms with van der Waals surface area (Å²) in [6.07, 6.45) is 3.57. The number of thiocarbonyl (C=S) groups is 1. The maximum absolute atomic E-state index is 13.3. The first-order valence-electron chi connectivity index (χ1n) is 9.19. The van der Waals surface area contributed by atoms with Crippen molar-refractivity contribution < 1.29 is 24.2 Å². The summed E-state index contributed by atoms with van der Waals surface area (Å²) >= 11 is 6.27. The summed E-state index contributed by atoms with van der Waals surface area (Å²) in [5.74, 6) is -2.74. The Morgan fingerprint density at radius 2 is 2.07 bits per heavy atom. The maximum atomic E-state index is 13.3. The first-order valence-corrected chi connectivity index (χ1v) is 10.8. The van der Waals surface area contributed by atoms with Gasteiger partial charge >= 0.3 is 5.97 Å². The van der Waals surface area contributed by atoms with Crippen molar-refractivity contribution in [2.24, 2.45) is 5.92 Å². The van der Waals surface area contributed by atoms with Gasteiger partial charge in [0.15, 0.2) is 0 Å². The lowest BCUT2D eigenvalue weighted by molar-refractivity contribution is -0.161. The van der Waals surface area contributed by atoms with Crippen molar-refractivity contribution in [3.63, 3.8) is 0 Å². The fourth-order valence-electron chi connectivity index (χ4n) is 3.51. The van der Waals surface area contributed by atoms with Crippen molar-refractivity contribution in [1.29, 1.82) is 0 Å². The predicted octanol–water partition coefficient (Wildman–Crippen LogP) is 2.77. The lowest BCUT2D eigenvalue weighted by Crippen LogP contribution is -2.46. The number of esters is 1. The molecule has 8 heteroatoms. The molecule has 6 nitrogen and oxygen atoms in total. The average Bonchev–Trinajstić information content (AvgIpc) is 3.16. The van der Waals surface area contributed by atoms with Crippen LogP contribution in [0.15, 0.2) is 30.3 Å². The van der Waals surface area contributed by atoms with Gasteiger partial charge in [-0.05, 0) is 43.3 Å². The topological polar surface area (TPSA) is 76.1 Å². The van der Waals surface area contributed by atoms with Crippen LogP contribution in [0, 0.1) is 5.92 Å². The molecule has 1 saturated heterocycles. The highest BCUT2D eigenvalue weighted by Crippen LogP contribution is 2.29. The molecule has 1 aliphatic rings. The van der Waals surface area contributed by atoms with Crippen LogP contribution in [0.25, 0.3) is 0 Å². The van der Waals surface area contributed by atoms with Gasteiger partial charge in [0, 0.05) is 25.8 Å². The standard InChI is InChI=1S/C20H27NO5S2/c1-20(24,26-19(27)28-3)13-15(12-14-8-5-4-6-9-14)17(22)21-11-7-10-16(21)18(23)25-2/h4-6,8-9,15-16,24H,7,10-13H2,1-3H3/t15-,16+,20+/m1/s1. The first kappa shape index (κ1) is 22.6. The average molecular weight is 426 g/mol. The van der Waals surface area contributed by atoms with Gasteiger partial charge < -0.3 is 19.5 Å². The monoisotopic (exact) mass is 425 g/mol. The quantitative estimate of drug-likeness (QED) is 0.409. The Hall–Kier alpha value is -1.64. The van der Waals surface area contributed by atoms with Gasteiger partial charge in [-0.15, -0.1) is 0 Å². The minimum atomic E-state index is -1.59. The number of carbonyl (C=O) groups is 2. The highest BCUT2D eigenvalue weighted by atomic mass is 32.2. The minimum Gasteiger partial charge on any atom is -0.467 e. The Labute approximate surface area is 175 Å². The number of benzene rings is 1. The maximum Gasteiger partial charge on any atom is 0.328 e. The second-order valence-corrected chi connectivity index (χ2v) is 8.44. The molecular weight excluding hydrogens is 398 g/mol. The largest absolute Gasteiger partial charge is 0.467 e. The lowest BCUT2D eigenvalue weighted by Gasteiger charge is -2.32. The number of amides is 1. The molecule has 3 atom stereocenters. The van der Waals surface area contributed by atoms with Crippen molar-refractivity contribution in [1.82, 2.24) is 4.90 Å². The molecule has 1 amide bonds. The SMILES string of the molecule is COC(=O)[C@@H]1CCCN1C(=O)[C@H](Cc1ccccc1)C[C@@](C)(O)OC(=S)SC. The van der Waals surface area contributed by atoms with Crippen LogP contribution in [0.5, 0.6) is 0 Å². The summed E-state index contributed by atoms with van der Waals surface area (Å²) in [5, 5.41) is 10.7. The Bertz CT molecular complexity index is 695. The van der Waals surface area contributed by atoms with Gasteiger partial charge in [0.05, 0.1) is 7.11 Å². The molecule has 0 spiro atoms. The minimum absolute atomic E-state index is 0.0613. The number of rotatable bonds is 7. The van der Waals surface area contributed by atoms with E-state index in [1.165, 1.54) is 25.8 Å². The molecule has 1 fully saturated rings. The Morgan fingerprint density at radius 1 is 1.39 bits per heavy atom. The van der Waals surface area contributed by atoms with Crippen LogP contribution >= 0.6 is 24.0 Å². The molecule has 1 aliphatic heterocycles. The van der Waals surface area contributed by atoms with E-state index in [1.54, 1.807) is 11.2 Å². The normalized spacial score (nSPS) is 19.6. The van der Waals surface area contributed by atoms with Crippen LogP contribution in [-0.4, -0.2) is 58.0 Å². The van der Waals surface area contributed by atoms with E-state index in [1.807, 2.05) is 30.3 Å². The van der Waals surface area contributed by atoms with Crippen LogP contribution in [-0.2, 0) is 25.5 Å². The number of aliphatic hydroxyl groups is 1. The van der Waals surface area contributed by atoms with Crippen molar-refractivity contribution in [3.05, 3.63) is 35.9 Å². The number of likely N-dealkylation sites (tertiary alicyclic amines) is 1. The lowest BCUT2D eigenvalue weighted by atomic mass is 9.91. The smallest absolute Gasteiger partial charge is 0.328 e. The highest BCUT2D eigenvalue weighted by molar-refractivity contribution is 8.22. The second-order valence-electron chi connectivity index (χ2n) is 7.03. The molecule has 28 heavy (non-hydrogen) atoms. The second kappa shape index (κ2) is 10.2. The van der Waals surface area contributed by atoms with Gasteiger partial charge in [0.1, 0.15) is 6.04 Å². The van der Waals surface area contributed by atoms with Gasteiger partial charge in [0.25, 0.3) is 0 Å². The summed E-state index contributed by atoms with van der Waals surface area (Å²) in [6.45, 7) is 2.00. The van der Waals surface area contributed by atoms with Gasteiger partial charge in [0.2, 0.25) is 16.1 Å². The molecule has 0 unspecified atom stereocenters. The molecule has 1 N–H and O–H groups in total. The first-order chi connectivity index (χ1) is 13.3. The van der Waals surface area contributed by atoms with Crippen LogP contribution in [0.2, 0.25) is 0 Å². The molecule has 154 valence electrons. The van der Waals surface area contributed by atoms with Crippen LogP contribution in [0.3, 0.4) is 0 Å².